The zero-order valence-corrected chi connectivity index (χ0v) is 24.2. The smallest absolute Gasteiger partial charge is 0.228 e. The molecule has 2 N–H and O–H groups in total. The van der Waals surface area contributed by atoms with E-state index in [4.69, 9.17) is 14.2 Å². The number of rotatable bonds is 12. The molecule has 1 atom stereocenters. The SMILES string of the molecule is COc1cc2c(N3CCN(N(C=O)c4ccc(OC(C)C)cc4)CC3)ncnc2cc1OCCCC1CNCCN1. The average Bonchev–Trinajstić information content (AvgIpc) is 3.00. The number of amides is 1. The number of hydrogen-bond acceptors (Lipinski definition) is 10. The minimum atomic E-state index is 0.0970. The molecule has 1 aromatic heterocycles. The third kappa shape index (κ3) is 7.16. The molecule has 0 saturated carbocycles. The third-order valence-corrected chi connectivity index (χ3v) is 7.41. The van der Waals surface area contributed by atoms with Gasteiger partial charge in [0.25, 0.3) is 0 Å². The van der Waals surface area contributed by atoms with Crippen LogP contribution in [-0.2, 0) is 4.79 Å². The molecular weight excluding hydrogens is 522 g/mol. The number of fused-ring (bicyclic) bond motifs is 1. The van der Waals surface area contributed by atoms with E-state index in [9.17, 15) is 4.79 Å². The molecule has 3 heterocycles. The predicted molar refractivity (Wildman–Crippen MR) is 160 cm³/mol. The van der Waals surface area contributed by atoms with Gasteiger partial charge >= 0.3 is 0 Å². The normalized spacial score (nSPS) is 18.0. The second-order valence-electron chi connectivity index (χ2n) is 10.6. The first-order valence-electron chi connectivity index (χ1n) is 14.5. The second-order valence-corrected chi connectivity index (χ2v) is 10.6. The molecule has 0 radical (unpaired) electrons. The van der Waals surface area contributed by atoms with E-state index < -0.39 is 0 Å². The van der Waals surface area contributed by atoms with Gasteiger partial charge < -0.3 is 29.7 Å². The van der Waals surface area contributed by atoms with Crippen LogP contribution in [-0.4, -0.2) is 93.1 Å². The molecule has 2 aliphatic rings. The fraction of sp³-hybridized carbons (Fsp3) is 0.500. The van der Waals surface area contributed by atoms with Crippen molar-refractivity contribution < 1.29 is 19.0 Å². The molecule has 220 valence electrons. The number of hydrazine groups is 1. The zero-order valence-electron chi connectivity index (χ0n) is 24.2. The summed E-state index contributed by atoms with van der Waals surface area (Å²) in [7, 11) is 1.66. The highest BCUT2D eigenvalue weighted by molar-refractivity contribution is 5.92. The summed E-state index contributed by atoms with van der Waals surface area (Å²) in [6, 6.07) is 12.0. The Bertz CT molecular complexity index is 1280. The molecule has 3 aromatic rings. The molecule has 1 unspecified atom stereocenters. The number of carbonyl (C=O) groups is 1. The van der Waals surface area contributed by atoms with Crippen LogP contribution in [0.4, 0.5) is 11.5 Å². The number of benzene rings is 2. The summed E-state index contributed by atoms with van der Waals surface area (Å²) in [6.07, 6.45) is 4.57. The predicted octanol–water partition coefficient (Wildman–Crippen LogP) is 2.85. The van der Waals surface area contributed by atoms with Crippen LogP contribution >= 0.6 is 0 Å². The van der Waals surface area contributed by atoms with Crippen LogP contribution in [0.3, 0.4) is 0 Å². The first kappa shape index (κ1) is 28.8. The number of nitrogens with zero attached hydrogens (tertiary/aromatic N) is 5. The lowest BCUT2D eigenvalue weighted by Crippen LogP contribution is -2.54. The largest absolute Gasteiger partial charge is 0.493 e. The number of piperazine rings is 2. The van der Waals surface area contributed by atoms with Crippen LogP contribution in [0.25, 0.3) is 10.9 Å². The molecular formula is C30H41N7O4. The van der Waals surface area contributed by atoms with E-state index in [1.807, 2.05) is 50.2 Å². The van der Waals surface area contributed by atoms with E-state index >= 15 is 0 Å². The highest BCUT2D eigenvalue weighted by atomic mass is 16.5. The fourth-order valence-electron chi connectivity index (χ4n) is 5.37. The minimum Gasteiger partial charge on any atom is -0.493 e. The number of carbonyl (C=O) groups excluding carboxylic acids is 1. The zero-order chi connectivity index (χ0) is 28.6. The van der Waals surface area contributed by atoms with Gasteiger partial charge in [0.05, 0.1) is 31.0 Å². The molecule has 1 amide bonds. The van der Waals surface area contributed by atoms with Gasteiger partial charge in [0.15, 0.2) is 11.5 Å². The summed E-state index contributed by atoms with van der Waals surface area (Å²) in [5.74, 6) is 2.99. The van der Waals surface area contributed by atoms with E-state index in [0.29, 0.717) is 50.3 Å². The molecule has 0 bridgehead atoms. The number of hydrogen-bond donors (Lipinski definition) is 2. The first-order valence-corrected chi connectivity index (χ1v) is 14.5. The Kier molecular flexibility index (Phi) is 9.71. The van der Waals surface area contributed by atoms with Gasteiger partial charge in [-0.1, -0.05) is 0 Å². The molecule has 2 aromatic carbocycles. The summed E-state index contributed by atoms with van der Waals surface area (Å²) in [5.41, 5.74) is 1.62. The highest BCUT2D eigenvalue weighted by Gasteiger charge is 2.25. The monoisotopic (exact) mass is 563 g/mol. The van der Waals surface area contributed by atoms with Gasteiger partial charge in [-0.25, -0.2) is 20.0 Å². The quantitative estimate of drug-likeness (QED) is 0.253. The number of aromatic nitrogens is 2. The topological polar surface area (TPSA) is 104 Å². The maximum Gasteiger partial charge on any atom is 0.228 e. The van der Waals surface area contributed by atoms with Gasteiger partial charge in [-0.3, -0.25) is 4.79 Å². The van der Waals surface area contributed by atoms with Crippen LogP contribution in [0.15, 0.2) is 42.7 Å². The van der Waals surface area contributed by atoms with Crippen molar-refractivity contribution in [2.24, 2.45) is 0 Å². The van der Waals surface area contributed by atoms with Crippen LogP contribution in [0.1, 0.15) is 26.7 Å². The second kappa shape index (κ2) is 13.8. The Morgan fingerprint density at radius 3 is 2.56 bits per heavy atom. The van der Waals surface area contributed by atoms with Crippen molar-refractivity contribution >= 4 is 28.8 Å². The summed E-state index contributed by atoms with van der Waals surface area (Å²) < 4.78 is 17.6. The molecule has 5 rings (SSSR count). The standard InChI is InChI=1S/C30H41N7O4/c1-22(2)41-25-8-6-24(7-9-25)37(21-38)36-14-12-35(13-15-36)30-26-17-28(39-3)29(18-27(26)33-20-34-30)40-16-4-5-23-19-31-10-11-32-23/h6-9,17-18,20-23,31-32H,4-5,10-16,19H2,1-3H3. The van der Waals surface area contributed by atoms with Gasteiger partial charge in [-0.05, 0) is 57.0 Å². The number of ether oxygens (including phenoxy) is 3. The third-order valence-electron chi connectivity index (χ3n) is 7.41. The van der Waals surface area contributed by atoms with Gasteiger partial charge in [0, 0.05) is 63.3 Å². The van der Waals surface area contributed by atoms with Gasteiger partial charge in [-0.2, -0.15) is 0 Å². The van der Waals surface area contributed by atoms with E-state index in [-0.39, 0.29) is 6.10 Å². The lowest BCUT2D eigenvalue weighted by molar-refractivity contribution is -0.110. The molecule has 2 saturated heterocycles. The van der Waals surface area contributed by atoms with Crippen molar-refractivity contribution in [1.29, 1.82) is 0 Å². The average molecular weight is 564 g/mol. The summed E-state index contributed by atoms with van der Waals surface area (Å²) in [6.45, 7) is 10.4. The number of nitrogens with one attached hydrogen (secondary N) is 2. The molecule has 41 heavy (non-hydrogen) atoms. The van der Waals surface area contributed by atoms with Crippen molar-refractivity contribution in [2.75, 3.05) is 69.4 Å². The van der Waals surface area contributed by atoms with E-state index in [2.05, 4.69) is 30.5 Å². The van der Waals surface area contributed by atoms with Crippen molar-refractivity contribution in [3.05, 3.63) is 42.7 Å². The Balaban J connectivity index is 1.23. The Labute approximate surface area is 241 Å². The summed E-state index contributed by atoms with van der Waals surface area (Å²) in [4.78, 5) is 23.5. The Morgan fingerprint density at radius 2 is 1.88 bits per heavy atom. The van der Waals surface area contributed by atoms with Gasteiger partial charge in [0.2, 0.25) is 6.41 Å². The van der Waals surface area contributed by atoms with Crippen molar-refractivity contribution in [1.82, 2.24) is 25.6 Å². The molecule has 11 nitrogen and oxygen atoms in total. The highest BCUT2D eigenvalue weighted by Crippen LogP contribution is 2.35. The Hall–Kier alpha value is -3.67. The van der Waals surface area contributed by atoms with Crippen LogP contribution in [0, 0.1) is 0 Å². The first-order chi connectivity index (χ1) is 20.1. The Morgan fingerprint density at radius 1 is 1.07 bits per heavy atom. The lowest BCUT2D eigenvalue weighted by Gasteiger charge is -2.40. The van der Waals surface area contributed by atoms with Gasteiger partial charge in [-0.15, -0.1) is 0 Å². The molecule has 0 aliphatic carbocycles. The minimum absolute atomic E-state index is 0.0970. The van der Waals surface area contributed by atoms with E-state index in [1.54, 1.807) is 18.4 Å². The van der Waals surface area contributed by atoms with Gasteiger partial charge in [0.1, 0.15) is 17.9 Å². The van der Waals surface area contributed by atoms with Crippen molar-refractivity contribution in [3.63, 3.8) is 0 Å². The molecule has 2 fully saturated rings. The van der Waals surface area contributed by atoms with Crippen molar-refractivity contribution in [2.45, 2.75) is 38.8 Å². The molecule has 11 heteroatoms. The van der Waals surface area contributed by atoms with Crippen molar-refractivity contribution in [3.8, 4) is 17.2 Å². The fourth-order valence-corrected chi connectivity index (χ4v) is 5.37. The molecule has 0 spiro atoms. The number of anilines is 2. The maximum atomic E-state index is 12.1. The van der Waals surface area contributed by atoms with Crippen LogP contribution in [0.5, 0.6) is 17.2 Å². The summed E-state index contributed by atoms with van der Waals surface area (Å²) >= 11 is 0. The lowest BCUT2D eigenvalue weighted by atomic mass is 10.1. The van der Waals surface area contributed by atoms with Crippen LogP contribution in [0.2, 0.25) is 0 Å². The summed E-state index contributed by atoms with van der Waals surface area (Å²) in [5, 5.41) is 11.6. The maximum absolute atomic E-state index is 12.1. The van der Waals surface area contributed by atoms with E-state index in [1.165, 1.54) is 0 Å². The van der Waals surface area contributed by atoms with E-state index in [0.717, 1.165) is 67.0 Å². The molecule has 2 aliphatic heterocycles. The number of methoxy groups -OCH3 is 1. The van der Waals surface area contributed by atoms with Crippen LogP contribution < -0.4 is 34.8 Å².